The third kappa shape index (κ3) is 5.18. The van der Waals surface area contributed by atoms with E-state index in [2.05, 4.69) is 21.2 Å². The van der Waals surface area contributed by atoms with E-state index in [4.69, 9.17) is 10.5 Å². The minimum atomic E-state index is -0.550. The lowest BCUT2D eigenvalue weighted by Gasteiger charge is -2.12. The number of nitrogens with one attached hydrogen (secondary N) is 1. The Labute approximate surface area is 126 Å². The first-order chi connectivity index (χ1) is 9.43. The van der Waals surface area contributed by atoms with E-state index in [1.807, 2.05) is 30.4 Å². The number of hydrogen-bond donors (Lipinski definition) is 3. The van der Waals surface area contributed by atoms with E-state index in [1.165, 1.54) is 0 Å². The number of ether oxygens (including phenoxy) is 1. The molecule has 0 aliphatic carbocycles. The molecule has 0 aromatic heterocycles. The number of benzene rings is 1. The van der Waals surface area contributed by atoms with Crippen LogP contribution in [-0.4, -0.2) is 32.0 Å². The lowest BCUT2D eigenvalue weighted by atomic mass is 10.1. The number of carbonyl (C=O) groups is 2. The van der Waals surface area contributed by atoms with Gasteiger partial charge in [-0.15, -0.1) is 0 Å². The van der Waals surface area contributed by atoms with Gasteiger partial charge in [0.1, 0.15) is 11.8 Å². The molecule has 1 rings (SSSR count). The molecule has 1 atom stereocenters. The van der Waals surface area contributed by atoms with Gasteiger partial charge in [0.15, 0.2) is 6.54 Å². The summed E-state index contributed by atoms with van der Waals surface area (Å²) in [4.78, 5) is 22.0. The largest absolute Gasteiger partial charge is 0.496 e. The van der Waals surface area contributed by atoms with Crippen LogP contribution in [0.3, 0.4) is 0 Å². The minimum Gasteiger partial charge on any atom is -0.496 e. The van der Waals surface area contributed by atoms with E-state index < -0.39 is 5.91 Å². The van der Waals surface area contributed by atoms with Crippen LogP contribution in [0.2, 0.25) is 0 Å². The number of nitrogens with two attached hydrogens (primary N) is 2. The summed E-state index contributed by atoms with van der Waals surface area (Å²) in [5.41, 5.74) is 6.02. The molecular formula is C13H19BrN3O3+. The Morgan fingerprint density at radius 1 is 1.50 bits per heavy atom. The fraction of sp³-hybridized carbons (Fsp3) is 0.385. The lowest BCUT2D eigenvalue weighted by Crippen LogP contribution is -2.87. The molecule has 1 aromatic carbocycles. The molecule has 0 saturated carbocycles. The van der Waals surface area contributed by atoms with Crippen molar-refractivity contribution in [1.29, 1.82) is 0 Å². The maximum absolute atomic E-state index is 11.5. The molecule has 1 aromatic rings. The molecule has 0 aliphatic rings. The summed E-state index contributed by atoms with van der Waals surface area (Å²) in [6, 6.07) is 5.89. The highest BCUT2D eigenvalue weighted by Crippen LogP contribution is 2.26. The molecular weight excluding hydrogens is 326 g/mol. The first-order valence-corrected chi connectivity index (χ1v) is 6.95. The molecule has 7 heteroatoms. The van der Waals surface area contributed by atoms with E-state index in [1.54, 1.807) is 7.11 Å². The van der Waals surface area contributed by atoms with Gasteiger partial charge in [0.2, 0.25) is 5.91 Å². The number of rotatable bonds is 7. The molecule has 20 heavy (non-hydrogen) atoms. The second-order valence-electron chi connectivity index (χ2n) is 4.37. The van der Waals surface area contributed by atoms with Crippen LogP contribution in [0.15, 0.2) is 22.7 Å². The molecule has 0 bridgehead atoms. The van der Waals surface area contributed by atoms with Crippen LogP contribution in [0.1, 0.15) is 18.5 Å². The topological polar surface area (TPSA) is 98.0 Å². The monoisotopic (exact) mass is 344 g/mol. The fourth-order valence-corrected chi connectivity index (χ4v) is 2.20. The number of quaternary nitrogens is 1. The van der Waals surface area contributed by atoms with Crippen molar-refractivity contribution in [3.63, 3.8) is 0 Å². The van der Waals surface area contributed by atoms with Gasteiger partial charge in [0.25, 0.3) is 5.91 Å². The maximum atomic E-state index is 11.5. The standard InChI is InChI=1S/C13H18BrN3O3/c1-8(16-7-13(19)17-6-12(15)18)9-3-4-11(20-2)10(14)5-9/h3-5,8,16H,6-7H2,1-2H3,(H2,15,18)(H,17,19)/p+1/t8-/m0/s1. The first-order valence-electron chi connectivity index (χ1n) is 6.15. The number of halogens is 1. The van der Waals surface area contributed by atoms with Gasteiger partial charge >= 0.3 is 0 Å². The predicted molar refractivity (Wildman–Crippen MR) is 78.1 cm³/mol. The van der Waals surface area contributed by atoms with Gasteiger partial charge in [-0.3, -0.25) is 9.59 Å². The van der Waals surface area contributed by atoms with Crippen molar-refractivity contribution < 1.29 is 19.6 Å². The Balaban J connectivity index is 2.50. The van der Waals surface area contributed by atoms with E-state index in [-0.39, 0.29) is 25.0 Å². The molecule has 0 radical (unpaired) electrons. The summed E-state index contributed by atoms with van der Waals surface area (Å²) in [6.45, 7) is 2.10. The third-order valence-corrected chi connectivity index (χ3v) is 3.44. The molecule has 0 fully saturated rings. The van der Waals surface area contributed by atoms with Gasteiger partial charge < -0.3 is 21.1 Å². The normalized spacial score (nSPS) is 11.8. The zero-order chi connectivity index (χ0) is 15.1. The number of carbonyl (C=O) groups excluding carboxylic acids is 2. The Hall–Kier alpha value is -1.60. The molecule has 0 unspecified atom stereocenters. The highest BCUT2D eigenvalue weighted by atomic mass is 79.9. The number of amides is 2. The molecule has 0 heterocycles. The summed E-state index contributed by atoms with van der Waals surface area (Å²) < 4.78 is 6.04. The predicted octanol–water partition coefficient (Wildman–Crippen LogP) is -0.316. The molecule has 2 amide bonds. The van der Waals surface area contributed by atoms with Gasteiger partial charge in [-0.1, -0.05) is 0 Å². The smallest absolute Gasteiger partial charge is 0.275 e. The van der Waals surface area contributed by atoms with Crippen LogP contribution in [0, 0.1) is 0 Å². The van der Waals surface area contributed by atoms with Crippen LogP contribution < -0.4 is 21.1 Å². The number of hydrogen-bond acceptors (Lipinski definition) is 3. The van der Waals surface area contributed by atoms with Gasteiger partial charge in [0, 0.05) is 5.56 Å². The second-order valence-corrected chi connectivity index (χ2v) is 5.22. The van der Waals surface area contributed by atoms with Crippen molar-refractivity contribution in [2.75, 3.05) is 20.2 Å². The van der Waals surface area contributed by atoms with Crippen molar-refractivity contribution in [2.45, 2.75) is 13.0 Å². The van der Waals surface area contributed by atoms with Crippen LogP contribution >= 0.6 is 15.9 Å². The Bertz CT molecular complexity index is 494. The van der Waals surface area contributed by atoms with Crippen molar-refractivity contribution >= 4 is 27.7 Å². The molecule has 0 aliphatic heterocycles. The SMILES string of the molecule is COc1ccc([C@H](C)[NH2+]CC(=O)NCC(N)=O)cc1Br. The van der Waals surface area contributed by atoms with Gasteiger partial charge in [-0.2, -0.15) is 0 Å². The molecule has 0 spiro atoms. The van der Waals surface area contributed by atoms with Crippen LogP contribution in [0.4, 0.5) is 0 Å². The summed E-state index contributed by atoms with van der Waals surface area (Å²) >= 11 is 3.43. The van der Waals surface area contributed by atoms with E-state index in [0.29, 0.717) is 0 Å². The van der Waals surface area contributed by atoms with Gasteiger partial charge in [-0.05, 0) is 41.1 Å². The molecule has 5 N–H and O–H groups in total. The van der Waals surface area contributed by atoms with Crippen molar-refractivity contribution in [1.82, 2.24) is 5.32 Å². The van der Waals surface area contributed by atoms with E-state index in [9.17, 15) is 9.59 Å². The Morgan fingerprint density at radius 3 is 2.75 bits per heavy atom. The fourth-order valence-electron chi connectivity index (χ4n) is 1.64. The van der Waals surface area contributed by atoms with Crippen LogP contribution in [0.25, 0.3) is 0 Å². The maximum Gasteiger partial charge on any atom is 0.275 e. The molecule has 110 valence electrons. The summed E-state index contributed by atoms with van der Waals surface area (Å²) in [5, 5.41) is 4.32. The highest BCUT2D eigenvalue weighted by molar-refractivity contribution is 9.10. The summed E-state index contributed by atoms with van der Waals surface area (Å²) in [7, 11) is 1.61. The molecule has 0 saturated heterocycles. The second kappa shape index (κ2) is 7.86. The zero-order valence-electron chi connectivity index (χ0n) is 11.5. The van der Waals surface area contributed by atoms with Crippen molar-refractivity contribution in [3.05, 3.63) is 28.2 Å². The van der Waals surface area contributed by atoms with Crippen LogP contribution in [-0.2, 0) is 9.59 Å². The van der Waals surface area contributed by atoms with Gasteiger partial charge in [0.05, 0.1) is 18.1 Å². The average Bonchev–Trinajstić information content (AvgIpc) is 2.42. The highest BCUT2D eigenvalue weighted by Gasteiger charge is 2.13. The minimum absolute atomic E-state index is 0.108. The third-order valence-electron chi connectivity index (χ3n) is 2.82. The van der Waals surface area contributed by atoms with Crippen molar-refractivity contribution in [2.24, 2.45) is 5.73 Å². The summed E-state index contributed by atoms with van der Waals surface area (Å²) in [5.74, 6) is -0.00568. The van der Waals surface area contributed by atoms with Gasteiger partial charge in [-0.25, -0.2) is 0 Å². The molecule has 6 nitrogen and oxygen atoms in total. The number of methoxy groups -OCH3 is 1. The quantitative estimate of drug-likeness (QED) is 0.632. The first kappa shape index (κ1) is 16.5. The number of primary amides is 1. The Morgan fingerprint density at radius 2 is 2.20 bits per heavy atom. The lowest BCUT2D eigenvalue weighted by molar-refractivity contribution is -0.682. The van der Waals surface area contributed by atoms with Crippen molar-refractivity contribution in [3.8, 4) is 5.75 Å². The van der Waals surface area contributed by atoms with E-state index in [0.717, 1.165) is 15.8 Å². The average molecular weight is 345 g/mol. The zero-order valence-corrected chi connectivity index (χ0v) is 13.1. The van der Waals surface area contributed by atoms with Crippen LogP contribution in [0.5, 0.6) is 5.75 Å². The van der Waals surface area contributed by atoms with E-state index >= 15 is 0 Å². The Kier molecular flexibility index (Phi) is 6.47. The summed E-state index contributed by atoms with van der Waals surface area (Å²) in [6.07, 6.45) is 0.